The van der Waals surface area contributed by atoms with Gasteiger partial charge in [0, 0.05) is 12.3 Å². The van der Waals surface area contributed by atoms with Crippen LogP contribution in [0.25, 0.3) is 11.3 Å². The summed E-state index contributed by atoms with van der Waals surface area (Å²) in [6, 6.07) is 15.3. The van der Waals surface area contributed by atoms with Crippen molar-refractivity contribution in [2.45, 2.75) is 11.6 Å². The molecule has 0 fully saturated rings. The first kappa shape index (κ1) is 19.8. The van der Waals surface area contributed by atoms with Crippen LogP contribution in [0.5, 0.6) is 11.5 Å². The number of H-pyrrole nitrogens is 1. The normalized spacial score (nSPS) is 10.5. The van der Waals surface area contributed by atoms with E-state index in [2.05, 4.69) is 15.3 Å². The molecule has 2 aromatic carbocycles. The van der Waals surface area contributed by atoms with Gasteiger partial charge in [-0.25, -0.2) is 4.98 Å². The van der Waals surface area contributed by atoms with Crippen molar-refractivity contribution in [2.24, 2.45) is 0 Å². The molecule has 0 saturated heterocycles. The number of ether oxygens (including phenoxy) is 2. The summed E-state index contributed by atoms with van der Waals surface area (Å²) >= 11 is 1.57. The highest BCUT2D eigenvalue weighted by Gasteiger charge is 2.06. The van der Waals surface area contributed by atoms with Gasteiger partial charge >= 0.3 is 0 Å². The number of aromatic amines is 1. The highest BCUT2D eigenvalue weighted by atomic mass is 32.2. The molecule has 28 heavy (non-hydrogen) atoms. The van der Waals surface area contributed by atoms with Gasteiger partial charge in [0.05, 0.1) is 32.5 Å². The summed E-state index contributed by atoms with van der Waals surface area (Å²) in [5.74, 6) is 2.35. The lowest BCUT2D eigenvalue weighted by Gasteiger charge is -2.05. The lowest BCUT2D eigenvalue weighted by atomic mass is 10.1. The number of methoxy groups -OCH3 is 2. The molecular formula is C21H23N3O3S. The minimum Gasteiger partial charge on any atom is -0.497 e. The zero-order chi connectivity index (χ0) is 19.8. The number of nitrogens with one attached hydrogen (secondary N) is 2. The number of nitrogens with zero attached hydrogens (tertiary/aromatic N) is 1. The predicted octanol–water partition coefficient (Wildman–Crippen LogP) is 3.54. The Bertz CT molecular complexity index is 892. The van der Waals surface area contributed by atoms with Gasteiger partial charge in [0.25, 0.3) is 0 Å². The van der Waals surface area contributed by atoms with E-state index in [9.17, 15) is 4.79 Å². The molecular weight excluding hydrogens is 374 g/mol. The van der Waals surface area contributed by atoms with Crippen LogP contribution in [0.1, 0.15) is 5.56 Å². The second kappa shape index (κ2) is 9.85. The number of hydrogen-bond donors (Lipinski definition) is 2. The highest BCUT2D eigenvalue weighted by molar-refractivity contribution is 7.99. The topological polar surface area (TPSA) is 76.2 Å². The number of carbonyl (C=O) groups excluding carboxylic acids is 1. The van der Waals surface area contributed by atoms with Gasteiger partial charge in [0.1, 0.15) is 11.5 Å². The van der Waals surface area contributed by atoms with Gasteiger partial charge in [-0.05, 0) is 47.5 Å². The number of thioether (sulfide) groups is 1. The minimum absolute atomic E-state index is 0.00383. The van der Waals surface area contributed by atoms with Crippen molar-refractivity contribution < 1.29 is 14.3 Å². The van der Waals surface area contributed by atoms with Gasteiger partial charge in [-0.3, -0.25) is 4.79 Å². The Morgan fingerprint density at radius 2 is 1.68 bits per heavy atom. The van der Waals surface area contributed by atoms with Crippen LogP contribution in [-0.2, 0) is 11.2 Å². The highest BCUT2D eigenvalue weighted by Crippen LogP contribution is 2.23. The number of amides is 1. The van der Waals surface area contributed by atoms with E-state index in [1.165, 1.54) is 0 Å². The van der Waals surface area contributed by atoms with E-state index < -0.39 is 0 Å². The Morgan fingerprint density at radius 3 is 2.32 bits per heavy atom. The smallest absolute Gasteiger partial charge is 0.224 e. The first-order valence-electron chi connectivity index (χ1n) is 8.90. The Kier molecular flexibility index (Phi) is 6.97. The Morgan fingerprint density at radius 1 is 1.04 bits per heavy atom. The second-order valence-corrected chi connectivity index (χ2v) is 7.14. The fourth-order valence-electron chi connectivity index (χ4n) is 2.62. The minimum atomic E-state index is 0.00383. The fourth-order valence-corrected chi connectivity index (χ4v) is 3.33. The lowest BCUT2D eigenvalue weighted by molar-refractivity contribution is -0.120. The summed E-state index contributed by atoms with van der Waals surface area (Å²) < 4.78 is 10.3. The van der Waals surface area contributed by atoms with Crippen LogP contribution in [0.4, 0.5) is 0 Å². The molecule has 3 aromatic rings. The number of rotatable bonds is 9. The average Bonchev–Trinajstić information content (AvgIpc) is 3.21. The van der Waals surface area contributed by atoms with Gasteiger partial charge < -0.3 is 19.8 Å². The molecule has 0 aliphatic heterocycles. The molecule has 0 saturated carbocycles. The van der Waals surface area contributed by atoms with Gasteiger partial charge in [-0.1, -0.05) is 23.9 Å². The third kappa shape index (κ3) is 5.53. The Labute approximate surface area is 168 Å². The van der Waals surface area contributed by atoms with Crippen molar-refractivity contribution in [2.75, 3.05) is 26.5 Å². The molecule has 0 aliphatic rings. The Balaban J connectivity index is 1.41. The van der Waals surface area contributed by atoms with E-state index in [0.717, 1.165) is 39.2 Å². The fraction of sp³-hybridized carbons (Fsp3) is 0.238. The summed E-state index contributed by atoms with van der Waals surface area (Å²) in [6.07, 6.45) is 2.17. The molecule has 0 unspecified atom stereocenters. The zero-order valence-corrected chi connectivity index (χ0v) is 16.7. The van der Waals surface area contributed by atoms with E-state index in [1.807, 2.05) is 54.7 Å². The summed E-state index contributed by atoms with van der Waals surface area (Å²) in [6.45, 7) is 0.582. The molecule has 1 heterocycles. The maximum absolute atomic E-state index is 12.0. The van der Waals surface area contributed by atoms with Crippen molar-refractivity contribution in [1.82, 2.24) is 15.3 Å². The zero-order valence-electron chi connectivity index (χ0n) is 15.9. The molecule has 1 amide bonds. The van der Waals surface area contributed by atoms with Crippen LogP contribution in [0.3, 0.4) is 0 Å². The molecule has 1 aromatic heterocycles. The maximum atomic E-state index is 12.0. The van der Waals surface area contributed by atoms with Crippen molar-refractivity contribution in [3.8, 4) is 22.8 Å². The third-order valence-corrected chi connectivity index (χ3v) is 5.03. The number of imidazole rings is 1. The summed E-state index contributed by atoms with van der Waals surface area (Å²) in [4.78, 5) is 19.7. The number of aromatic nitrogens is 2. The molecule has 146 valence electrons. The Hall–Kier alpha value is -2.93. The summed E-state index contributed by atoms with van der Waals surface area (Å²) in [7, 11) is 3.27. The molecule has 7 heteroatoms. The van der Waals surface area contributed by atoms with Gasteiger partial charge in [-0.2, -0.15) is 0 Å². The quantitative estimate of drug-likeness (QED) is 0.427. The SMILES string of the molecule is COc1ccc(CC(=O)NCCSc2ncc(-c3ccc(OC)cc3)[nH]2)cc1. The van der Waals surface area contributed by atoms with Crippen LogP contribution in [0, 0.1) is 0 Å². The van der Waals surface area contributed by atoms with E-state index in [0.29, 0.717) is 13.0 Å². The van der Waals surface area contributed by atoms with Gasteiger partial charge in [-0.15, -0.1) is 0 Å². The van der Waals surface area contributed by atoms with Crippen LogP contribution in [-0.4, -0.2) is 42.4 Å². The molecule has 3 rings (SSSR count). The van der Waals surface area contributed by atoms with E-state index in [4.69, 9.17) is 9.47 Å². The molecule has 6 nitrogen and oxygen atoms in total. The molecule has 2 N–H and O–H groups in total. The second-order valence-electron chi connectivity index (χ2n) is 6.05. The van der Waals surface area contributed by atoms with Crippen molar-refractivity contribution >= 4 is 17.7 Å². The summed E-state index contributed by atoms with van der Waals surface area (Å²) in [5.41, 5.74) is 2.96. The summed E-state index contributed by atoms with van der Waals surface area (Å²) in [5, 5.41) is 3.76. The molecule has 0 spiro atoms. The maximum Gasteiger partial charge on any atom is 0.224 e. The predicted molar refractivity (Wildman–Crippen MR) is 111 cm³/mol. The van der Waals surface area contributed by atoms with Crippen LogP contribution >= 0.6 is 11.8 Å². The number of hydrogen-bond acceptors (Lipinski definition) is 5. The van der Waals surface area contributed by atoms with E-state index >= 15 is 0 Å². The van der Waals surface area contributed by atoms with Crippen molar-refractivity contribution in [1.29, 1.82) is 0 Å². The van der Waals surface area contributed by atoms with Gasteiger partial charge in [0.15, 0.2) is 5.16 Å². The number of benzene rings is 2. The first-order chi connectivity index (χ1) is 13.7. The van der Waals surface area contributed by atoms with Crippen molar-refractivity contribution in [3.05, 3.63) is 60.3 Å². The third-order valence-electron chi connectivity index (χ3n) is 4.14. The average molecular weight is 398 g/mol. The van der Waals surface area contributed by atoms with E-state index in [-0.39, 0.29) is 5.91 Å². The number of carbonyl (C=O) groups is 1. The molecule has 0 aliphatic carbocycles. The molecule has 0 atom stereocenters. The van der Waals surface area contributed by atoms with Crippen LogP contribution in [0.2, 0.25) is 0 Å². The van der Waals surface area contributed by atoms with Crippen LogP contribution < -0.4 is 14.8 Å². The van der Waals surface area contributed by atoms with Gasteiger partial charge in [0.2, 0.25) is 5.91 Å². The van der Waals surface area contributed by atoms with Crippen LogP contribution in [0.15, 0.2) is 59.9 Å². The standard InChI is InChI=1S/C21H23N3O3S/c1-26-17-7-3-15(4-8-17)13-20(25)22-11-12-28-21-23-14-19(24-21)16-5-9-18(27-2)10-6-16/h3-10,14H,11-13H2,1-2H3,(H,22,25)(H,23,24). The monoisotopic (exact) mass is 397 g/mol. The van der Waals surface area contributed by atoms with E-state index in [1.54, 1.807) is 26.0 Å². The largest absolute Gasteiger partial charge is 0.497 e. The molecule has 0 radical (unpaired) electrons. The first-order valence-corrected chi connectivity index (χ1v) is 9.88. The molecule has 0 bridgehead atoms. The lowest BCUT2D eigenvalue weighted by Crippen LogP contribution is -2.27. The van der Waals surface area contributed by atoms with Crippen molar-refractivity contribution in [3.63, 3.8) is 0 Å².